The lowest BCUT2D eigenvalue weighted by Gasteiger charge is -2.41. The molecule has 3 nitrogen and oxygen atoms in total. The van der Waals surface area contributed by atoms with Crippen molar-refractivity contribution in [2.24, 2.45) is 0 Å². The van der Waals surface area contributed by atoms with Crippen molar-refractivity contribution < 1.29 is 9.90 Å². The van der Waals surface area contributed by atoms with Crippen LogP contribution in [0.4, 0.5) is 0 Å². The average Bonchev–Trinajstić information content (AvgIpc) is 2.56. The fourth-order valence-electron chi connectivity index (χ4n) is 3.37. The van der Waals surface area contributed by atoms with Gasteiger partial charge in [0.15, 0.2) is 0 Å². The van der Waals surface area contributed by atoms with Crippen LogP contribution in [0.2, 0.25) is 10.0 Å². The van der Waals surface area contributed by atoms with Gasteiger partial charge in [0.25, 0.3) is 0 Å². The third kappa shape index (κ3) is 2.97. The van der Waals surface area contributed by atoms with Crippen LogP contribution < -0.4 is 0 Å². The summed E-state index contributed by atoms with van der Waals surface area (Å²) < 4.78 is 0.906. The van der Waals surface area contributed by atoms with Crippen LogP contribution in [0.1, 0.15) is 35.6 Å². The fourth-order valence-corrected chi connectivity index (χ4v) is 4.05. The number of hydrogen-bond donors (Lipinski definition) is 1. The van der Waals surface area contributed by atoms with Gasteiger partial charge in [0.1, 0.15) is 5.60 Å². The molecule has 0 unspecified atom stereocenters. The quantitative estimate of drug-likeness (QED) is 0.705. The predicted octanol–water partition coefficient (Wildman–Crippen LogP) is 4.91. The van der Waals surface area contributed by atoms with Crippen LogP contribution in [-0.2, 0) is 10.4 Å². The minimum Gasteiger partial charge on any atom is -0.380 e. The van der Waals surface area contributed by atoms with Crippen molar-refractivity contribution in [2.45, 2.75) is 24.5 Å². The number of nitrogens with zero attached hydrogens (tertiary/aromatic N) is 1. The molecule has 2 aromatic carbocycles. The van der Waals surface area contributed by atoms with Gasteiger partial charge in [0, 0.05) is 11.5 Å². The summed E-state index contributed by atoms with van der Waals surface area (Å²) in [6.45, 7) is 0. The summed E-state index contributed by atoms with van der Waals surface area (Å²) in [7, 11) is 1.76. The highest BCUT2D eigenvalue weighted by Gasteiger charge is 2.40. The van der Waals surface area contributed by atoms with Gasteiger partial charge in [-0.1, -0.05) is 51.3 Å². The number of carbonyl (C=O) groups excluding carboxylic acids is 1. The number of carbonyl (C=O) groups is 1. The number of aliphatic hydroxyl groups is 1. The highest BCUT2D eigenvalue weighted by atomic mass is 79.9. The summed E-state index contributed by atoms with van der Waals surface area (Å²) in [4.78, 5) is 12.9. The van der Waals surface area contributed by atoms with E-state index in [2.05, 4.69) is 15.9 Å². The van der Waals surface area contributed by atoms with E-state index in [1.54, 1.807) is 30.1 Å². The molecule has 1 aliphatic rings. The lowest BCUT2D eigenvalue weighted by atomic mass is 9.73. The van der Waals surface area contributed by atoms with Crippen LogP contribution in [-0.4, -0.2) is 23.5 Å². The normalized spacial score (nSPS) is 22.8. The van der Waals surface area contributed by atoms with E-state index in [-0.39, 0.29) is 6.04 Å². The summed E-state index contributed by atoms with van der Waals surface area (Å²) in [5, 5.41) is 12.3. The molecule has 0 aliphatic heterocycles. The van der Waals surface area contributed by atoms with Crippen molar-refractivity contribution in [1.29, 1.82) is 0 Å². The van der Waals surface area contributed by atoms with Gasteiger partial charge >= 0.3 is 0 Å². The molecule has 0 fully saturated rings. The molecule has 1 aliphatic carbocycles. The van der Waals surface area contributed by atoms with Gasteiger partial charge in [-0.25, -0.2) is 0 Å². The van der Waals surface area contributed by atoms with Crippen LogP contribution in [0.25, 0.3) is 0 Å². The first-order valence-corrected chi connectivity index (χ1v) is 9.07. The Hall–Kier alpha value is -1.07. The molecule has 126 valence electrons. The first-order chi connectivity index (χ1) is 11.4. The average molecular weight is 429 g/mol. The highest BCUT2D eigenvalue weighted by Crippen LogP contribution is 2.47. The number of amides is 1. The van der Waals surface area contributed by atoms with Crippen LogP contribution in [0.15, 0.2) is 40.9 Å². The van der Waals surface area contributed by atoms with E-state index in [0.29, 0.717) is 28.5 Å². The summed E-state index contributed by atoms with van der Waals surface area (Å²) >= 11 is 15.6. The van der Waals surface area contributed by atoms with Crippen molar-refractivity contribution in [3.63, 3.8) is 0 Å². The minimum absolute atomic E-state index is 0.0713. The Bertz CT molecular complexity index is 799. The van der Waals surface area contributed by atoms with Crippen LogP contribution in [0.5, 0.6) is 0 Å². The van der Waals surface area contributed by atoms with Crippen molar-refractivity contribution in [2.75, 3.05) is 7.05 Å². The smallest absolute Gasteiger partial charge is 0.209 e. The lowest BCUT2D eigenvalue weighted by Crippen LogP contribution is -2.37. The second-order valence-corrected chi connectivity index (χ2v) is 7.78. The Kier molecular flexibility index (Phi) is 4.94. The summed E-state index contributed by atoms with van der Waals surface area (Å²) in [5.41, 5.74) is 1.25. The molecule has 2 atom stereocenters. The fraction of sp³-hybridized carbons (Fsp3) is 0.278. The van der Waals surface area contributed by atoms with Crippen molar-refractivity contribution in [1.82, 2.24) is 4.90 Å². The number of fused-ring (bicyclic) bond motifs is 1. The molecule has 2 aromatic rings. The van der Waals surface area contributed by atoms with E-state index in [9.17, 15) is 9.90 Å². The maximum atomic E-state index is 11.4. The van der Waals surface area contributed by atoms with Gasteiger partial charge in [0.05, 0.1) is 16.1 Å². The maximum Gasteiger partial charge on any atom is 0.209 e. The van der Waals surface area contributed by atoms with Crippen molar-refractivity contribution in [3.8, 4) is 0 Å². The Labute approximate surface area is 159 Å². The third-order valence-corrected chi connectivity index (χ3v) is 5.89. The van der Waals surface area contributed by atoms with E-state index in [4.69, 9.17) is 23.2 Å². The number of hydrogen-bond acceptors (Lipinski definition) is 2. The van der Waals surface area contributed by atoms with Crippen LogP contribution in [0, 0.1) is 0 Å². The number of rotatable bonds is 3. The molecule has 0 aromatic heterocycles. The van der Waals surface area contributed by atoms with Gasteiger partial charge in [-0.05, 0) is 53.8 Å². The monoisotopic (exact) mass is 427 g/mol. The summed E-state index contributed by atoms with van der Waals surface area (Å²) in [5.74, 6) is 0. The topological polar surface area (TPSA) is 40.5 Å². The molecule has 0 saturated carbocycles. The van der Waals surface area contributed by atoms with E-state index < -0.39 is 5.60 Å². The summed E-state index contributed by atoms with van der Waals surface area (Å²) in [6.07, 6.45) is 1.96. The van der Waals surface area contributed by atoms with E-state index in [1.807, 2.05) is 18.2 Å². The van der Waals surface area contributed by atoms with E-state index in [0.717, 1.165) is 22.0 Å². The third-order valence-electron chi connectivity index (χ3n) is 4.65. The Morgan fingerprint density at radius 3 is 2.67 bits per heavy atom. The molecular formula is C18H16BrCl2NO2. The van der Waals surface area contributed by atoms with Crippen molar-refractivity contribution >= 4 is 45.5 Å². The molecule has 0 heterocycles. The van der Waals surface area contributed by atoms with Gasteiger partial charge in [-0.2, -0.15) is 0 Å². The van der Waals surface area contributed by atoms with E-state index in [1.165, 1.54) is 0 Å². The summed E-state index contributed by atoms with van der Waals surface area (Å²) in [6, 6.07) is 10.9. The lowest BCUT2D eigenvalue weighted by molar-refractivity contribution is -0.119. The highest BCUT2D eigenvalue weighted by molar-refractivity contribution is 9.10. The Balaban J connectivity index is 2.16. The zero-order chi connectivity index (χ0) is 17.5. The predicted molar refractivity (Wildman–Crippen MR) is 99.4 cm³/mol. The molecule has 0 radical (unpaired) electrons. The molecular weight excluding hydrogens is 413 g/mol. The first kappa shape index (κ1) is 17.7. The van der Waals surface area contributed by atoms with Gasteiger partial charge < -0.3 is 10.0 Å². The first-order valence-electron chi connectivity index (χ1n) is 7.52. The molecule has 24 heavy (non-hydrogen) atoms. The molecule has 0 spiro atoms. The van der Waals surface area contributed by atoms with Gasteiger partial charge in [0.2, 0.25) is 6.41 Å². The zero-order valence-corrected chi connectivity index (χ0v) is 16.1. The number of halogens is 3. The van der Waals surface area contributed by atoms with Crippen LogP contribution in [0.3, 0.4) is 0 Å². The SMILES string of the molecule is CN(C=O)[C@@H]1CC[C@](O)(c2ccc(Cl)c(Cl)c2)c2ccc(Br)cc21. The second-order valence-electron chi connectivity index (χ2n) is 6.05. The van der Waals surface area contributed by atoms with Crippen LogP contribution >= 0.6 is 39.1 Å². The van der Waals surface area contributed by atoms with Gasteiger partial charge in [-0.15, -0.1) is 0 Å². The zero-order valence-electron chi connectivity index (χ0n) is 13.0. The second kappa shape index (κ2) is 6.68. The molecule has 0 saturated heterocycles. The Morgan fingerprint density at radius 1 is 1.25 bits per heavy atom. The molecule has 1 amide bonds. The van der Waals surface area contributed by atoms with Crippen molar-refractivity contribution in [3.05, 3.63) is 67.6 Å². The molecule has 1 N–H and O–H groups in total. The Morgan fingerprint density at radius 2 is 2.00 bits per heavy atom. The number of benzene rings is 2. The minimum atomic E-state index is -1.16. The molecule has 0 bridgehead atoms. The van der Waals surface area contributed by atoms with Gasteiger partial charge in [-0.3, -0.25) is 4.79 Å². The molecule has 3 rings (SSSR count). The van der Waals surface area contributed by atoms with E-state index >= 15 is 0 Å². The maximum absolute atomic E-state index is 11.4. The molecule has 6 heteroatoms. The largest absolute Gasteiger partial charge is 0.380 e. The standard InChI is InChI=1S/C18H16BrCl2NO2/c1-22(10-23)17-6-7-18(24,11-2-5-15(20)16(21)8-11)14-4-3-12(19)9-13(14)17/h2-5,8-10,17,24H,6-7H2,1H3/t17-,18+/m1/s1.